The molecule has 0 fully saturated rings. The number of nitrogens with zero attached hydrogens (tertiary/aromatic N) is 2. The first-order valence-corrected chi connectivity index (χ1v) is 10.7. The number of rotatable bonds is 4. The Kier molecular flexibility index (Phi) is 5.57. The van der Waals surface area contributed by atoms with Crippen LogP contribution in [-0.4, -0.2) is 31.5 Å². The van der Waals surface area contributed by atoms with Crippen molar-refractivity contribution < 1.29 is 22.5 Å². The average Bonchev–Trinajstić information content (AvgIpc) is 2.84. The van der Waals surface area contributed by atoms with Crippen LogP contribution in [0.2, 0.25) is 0 Å². The van der Waals surface area contributed by atoms with E-state index < -0.39 is 26.5 Å². The summed E-state index contributed by atoms with van der Waals surface area (Å²) in [5, 5.41) is 10.9. The van der Waals surface area contributed by atoms with E-state index in [0.717, 1.165) is 35.3 Å². The molecule has 0 radical (unpaired) electrons. The molecule has 28 heavy (non-hydrogen) atoms. The predicted octanol–water partition coefficient (Wildman–Crippen LogP) is 3.38. The molecule has 0 spiro atoms. The quantitative estimate of drug-likeness (QED) is 0.594. The standard InChI is InChI=1S/C17H16FN3O5S2/c1-11(22)20-7-2-8-27-17-6-4-13(10-16(17)20)28(25,26)19-12-3-5-14(18)15(9-12)21(23)24/h3-6,9-10,19H,2,7-8H2,1H3. The molecule has 1 aliphatic heterocycles. The van der Waals surface area contributed by atoms with Gasteiger partial charge in [-0.2, -0.15) is 4.39 Å². The Hall–Kier alpha value is -2.66. The lowest BCUT2D eigenvalue weighted by Gasteiger charge is -2.21. The topological polar surface area (TPSA) is 110 Å². The third kappa shape index (κ3) is 4.09. The van der Waals surface area contributed by atoms with Crippen molar-refractivity contribution in [3.8, 4) is 0 Å². The van der Waals surface area contributed by atoms with Crippen LogP contribution in [0.4, 0.5) is 21.5 Å². The molecule has 1 N–H and O–H groups in total. The maximum Gasteiger partial charge on any atom is 0.306 e. The van der Waals surface area contributed by atoms with Crippen molar-refractivity contribution in [3.63, 3.8) is 0 Å². The van der Waals surface area contributed by atoms with Gasteiger partial charge in [0.25, 0.3) is 10.0 Å². The number of fused-ring (bicyclic) bond motifs is 1. The molecule has 0 saturated carbocycles. The molecule has 0 atom stereocenters. The van der Waals surface area contributed by atoms with E-state index in [2.05, 4.69) is 4.72 Å². The minimum absolute atomic E-state index is 0.105. The summed E-state index contributed by atoms with van der Waals surface area (Å²) in [4.78, 5) is 24.1. The average molecular weight is 425 g/mol. The molecular formula is C17H16FN3O5S2. The maximum absolute atomic E-state index is 13.5. The lowest BCUT2D eigenvalue weighted by Crippen LogP contribution is -2.29. The van der Waals surface area contributed by atoms with Crippen LogP contribution < -0.4 is 9.62 Å². The van der Waals surface area contributed by atoms with Crippen molar-refractivity contribution in [2.45, 2.75) is 23.1 Å². The van der Waals surface area contributed by atoms with Gasteiger partial charge >= 0.3 is 5.69 Å². The van der Waals surface area contributed by atoms with E-state index in [4.69, 9.17) is 0 Å². The normalized spacial score (nSPS) is 14.1. The third-order valence-corrected chi connectivity index (χ3v) is 6.62. The third-order valence-electron chi connectivity index (χ3n) is 4.09. The van der Waals surface area contributed by atoms with Gasteiger partial charge in [0.2, 0.25) is 11.7 Å². The zero-order chi connectivity index (χ0) is 20.5. The first-order valence-electron chi connectivity index (χ1n) is 8.21. The van der Waals surface area contributed by atoms with Gasteiger partial charge < -0.3 is 4.90 Å². The van der Waals surface area contributed by atoms with Gasteiger partial charge in [-0.1, -0.05) is 0 Å². The summed E-state index contributed by atoms with van der Waals surface area (Å²) < 4.78 is 41.1. The van der Waals surface area contributed by atoms with Crippen LogP contribution in [0.1, 0.15) is 13.3 Å². The van der Waals surface area contributed by atoms with Gasteiger partial charge in [-0.25, -0.2) is 8.42 Å². The van der Waals surface area contributed by atoms with Gasteiger partial charge in [-0.3, -0.25) is 19.6 Å². The number of hydrogen-bond acceptors (Lipinski definition) is 6. The SMILES string of the molecule is CC(=O)N1CCCSc2ccc(S(=O)(=O)Nc3ccc(F)c([N+](=O)[O-])c3)cc21. The predicted molar refractivity (Wildman–Crippen MR) is 104 cm³/mol. The van der Waals surface area contributed by atoms with E-state index in [9.17, 15) is 27.7 Å². The van der Waals surface area contributed by atoms with Crippen LogP contribution in [0.3, 0.4) is 0 Å². The smallest absolute Gasteiger partial charge is 0.306 e. The lowest BCUT2D eigenvalue weighted by molar-refractivity contribution is -0.387. The molecule has 2 aromatic rings. The van der Waals surface area contributed by atoms with E-state index in [1.54, 1.807) is 6.07 Å². The van der Waals surface area contributed by atoms with Crippen LogP contribution >= 0.6 is 11.8 Å². The molecule has 11 heteroatoms. The minimum atomic E-state index is -4.11. The monoisotopic (exact) mass is 425 g/mol. The van der Waals surface area contributed by atoms with Crippen LogP contribution in [0.5, 0.6) is 0 Å². The number of nitrogens with one attached hydrogen (secondary N) is 1. The second-order valence-electron chi connectivity index (χ2n) is 6.03. The van der Waals surface area contributed by atoms with Crippen molar-refractivity contribution in [1.82, 2.24) is 0 Å². The fourth-order valence-corrected chi connectivity index (χ4v) is 4.82. The van der Waals surface area contributed by atoms with E-state index in [1.807, 2.05) is 0 Å². The Morgan fingerprint density at radius 2 is 2.04 bits per heavy atom. The Morgan fingerprint density at radius 1 is 1.29 bits per heavy atom. The maximum atomic E-state index is 13.5. The molecule has 0 saturated heterocycles. The van der Waals surface area contributed by atoms with Crippen LogP contribution in [-0.2, 0) is 14.8 Å². The first kappa shape index (κ1) is 20.1. The molecule has 1 amide bonds. The molecule has 8 nitrogen and oxygen atoms in total. The van der Waals surface area contributed by atoms with Crippen LogP contribution in [0, 0.1) is 15.9 Å². The number of benzene rings is 2. The summed E-state index contributed by atoms with van der Waals surface area (Å²) >= 11 is 1.54. The van der Waals surface area contributed by atoms with E-state index in [0.29, 0.717) is 12.2 Å². The van der Waals surface area contributed by atoms with Crippen molar-refractivity contribution in [2.75, 3.05) is 21.9 Å². The van der Waals surface area contributed by atoms with Gasteiger partial charge in [0.1, 0.15) is 0 Å². The second kappa shape index (κ2) is 7.76. The summed E-state index contributed by atoms with van der Waals surface area (Å²) in [5.74, 6) is -0.451. The van der Waals surface area contributed by atoms with Crippen LogP contribution in [0.25, 0.3) is 0 Å². The highest BCUT2D eigenvalue weighted by molar-refractivity contribution is 7.99. The molecule has 148 valence electrons. The number of sulfonamides is 1. The molecule has 0 bridgehead atoms. The Labute approximate surface area is 164 Å². The molecule has 0 aliphatic carbocycles. The van der Waals surface area contributed by atoms with Gasteiger partial charge in [0, 0.05) is 24.4 Å². The summed E-state index contributed by atoms with van der Waals surface area (Å²) in [6.07, 6.45) is 0.776. The first-order chi connectivity index (χ1) is 13.2. The zero-order valence-electron chi connectivity index (χ0n) is 14.7. The van der Waals surface area contributed by atoms with Crippen molar-refractivity contribution in [1.29, 1.82) is 0 Å². The number of halogens is 1. The Morgan fingerprint density at radius 3 is 2.71 bits per heavy atom. The van der Waals surface area contributed by atoms with Gasteiger partial charge in [-0.05, 0) is 42.5 Å². The number of hydrogen-bond donors (Lipinski definition) is 1. The molecule has 1 heterocycles. The number of thioether (sulfide) groups is 1. The fraction of sp³-hybridized carbons (Fsp3) is 0.235. The molecule has 1 aliphatic rings. The van der Waals surface area contributed by atoms with Gasteiger partial charge in [0.15, 0.2) is 0 Å². The minimum Gasteiger partial charge on any atom is -0.311 e. The molecule has 0 unspecified atom stereocenters. The highest BCUT2D eigenvalue weighted by Gasteiger charge is 2.24. The zero-order valence-corrected chi connectivity index (χ0v) is 16.3. The van der Waals surface area contributed by atoms with Crippen molar-refractivity contribution in [2.24, 2.45) is 0 Å². The number of carbonyl (C=O) groups is 1. The Bertz CT molecular complexity index is 1060. The van der Waals surface area contributed by atoms with Gasteiger partial charge in [0.05, 0.1) is 21.2 Å². The highest BCUT2D eigenvalue weighted by atomic mass is 32.2. The van der Waals surface area contributed by atoms with Crippen molar-refractivity contribution in [3.05, 3.63) is 52.3 Å². The molecule has 2 aromatic carbocycles. The fourth-order valence-electron chi connectivity index (χ4n) is 2.78. The Balaban J connectivity index is 1.98. The molecule has 0 aromatic heterocycles. The number of nitro groups is 1. The van der Waals surface area contributed by atoms with Crippen molar-refractivity contribution >= 4 is 44.8 Å². The number of amides is 1. The summed E-state index contributed by atoms with van der Waals surface area (Å²) in [6, 6.07) is 7.16. The van der Waals surface area contributed by atoms with E-state index in [-0.39, 0.29) is 16.5 Å². The summed E-state index contributed by atoms with van der Waals surface area (Å²) in [6.45, 7) is 1.90. The molecular weight excluding hydrogens is 409 g/mol. The molecule has 3 rings (SSSR count). The highest BCUT2D eigenvalue weighted by Crippen LogP contribution is 2.36. The number of anilines is 2. The second-order valence-corrected chi connectivity index (χ2v) is 8.85. The van der Waals surface area contributed by atoms with Crippen LogP contribution in [0.15, 0.2) is 46.2 Å². The largest absolute Gasteiger partial charge is 0.311 e. The summed E-state index contributed by atoms with van der Waals surface area (Å²) in [5.41, 5.74) is -0.468. The van der Waals surface area contributed by atoms with Gasteiger partial charge in [-0.15, -0.1) is 11.8 Å². The summed E-state index contributed by atoms with van der Waals surface area (Å²) in [7, 11) is -4.11. The van der Waals surface area contributed by atoms with E-state index >= 15 is 0 Å². The number of nitro benzene ring substituents is 1. The lowest BCUT2D eigenvalue weighted by atomic mass is 10.2. The van der Waals surface area contributed by atoms with E-state index in [1.165, 1.54) is 35.7 Å². The number of carbonyl (C=O) groups excluding carboxylic acids is 1.